The van der Waals surface area contributed by atoms with E-state index in [2.05, 4.69) is 38.0 Å². The number of methoxy groups -OCH3 is 1. The van der Waals surface area contributed by atoms with E-state index < -0.39 is 0 Å². The van der Waals surface area contributed by atoms with Crippen LogP contribution in [0.5, 0.6) is 5.75 Å². The SMILES string of the molecule is C=C(NC(=O)c1ccc(C(C)(C)C)cc1)Nc1ccc(CC(C)=O)c(OC)c1. The largest absolute Gasteiger partial charge is 0.496 e. The quantitative estimate of drug-likeness (QED) is 0.745. The number of amides is 1. The fourth-order valence-electron chi connectivity index (χ4n) is 2.77. The monoisotopic (exact) mass is 380 g/mol. The van der Waals surface area contributed by atoms with Crippen LogP contribution in [0.3, 0.4) is 0 Å². The van der Waals surface area contributed by atoms with Crippen molar-refractivity contribution in [3.05, 3.63) is 71.6 Å². The van der Waals surface area contributed by atoms with Crippen LogP contribution in [0.15, 0.2) is 54.9 Å². The van der Waals surface area contributed by atoms with Crippen molar-refractivity contribution in [3.8, 4) is 5.75 Å². The van der Waals surface area contributed by atoms with Crippen molar-refractivity contribution < 1.29 is 14.3 Å². The number of carbonyl (C=O) groups excluding carboxylic acids is 2. The van der Waals surface area contributed by atoms with Gasteiger partial charge in [-0.1, -0.05) is 45.5 Å². The van der Waals surface area contributed by atoms with Gasteiger partial charge in [-0.3, -0.25) is 9.59 Å². The molecule has 0 heterocycles. The smallest absolute Gasteiger partial charge is 0.256 e. The maximum absolute atomic E-state index is 12.4. The number of ether oxygens (including phenoxy) is 1. The minimum absolute atomic E-state index is 0.0355. The Balaban J connectivity index is 2.03. The second kappa shape index (κ2) is 8.74. The summed E-state index contributed by atoms with van der Waals surface area (Å²) in [6.45, 7) is 11.8. The van der Waals surface area contributed by atoms with Gasteiger partial charge in [0, 0.05) is 29.3 Å². The fraction of sp³-hybridized carbons (Fsp3) is 0.304. The molecule has 148 valence electrons. The highest BCUT2D eigenvalue weighted by atomic mass is 16.5. The van der Waals surface area contributed by atoms with Gasteiger partial charge in [0.05, 0.1) is 7.11 Å². The Kier molecular flexibility index (Phi) is 6.62. The van der Waals surface area contributed by atoms with E-state index in [0.29, 0.717) is 29.2 Å². The number of hydrogen-bond acceptors (Lipinski definition) is 4. The van der Waals surface area contributed by atoms with E-state index in [4.69, 9.17) is 4.74 Å². The molecular weight excluding hydrogens is 352 g/mol. The molecule has 2 aromatic carbocycles. The van der Waals surface area contributed by atoms with E-state index in [-0.39, 0.29) is 17.1 Å². The van der Waals surface area contributed by atoms with Crippen LogP contribution in [-0.4, -0.2) is 18.8 Å². The van der Waals surface area contributed by atoms with Crippen molar-refractivity contribution in [2.75, 3.05) is 12.4 Å². The van der Waals surface area contributed by atoms with Gasteiger partial charge in [0.1, 0.15) is 17.4 Å². The zero-order chi connectivity index (χ0) is 20.9. The molecule has 0 saturated heterocycles. The summed E-state index contributed by atoms with van der Waals surface area (Å²) in [7, 11) is 1.56. The summed E-state index contributed by atoms with van der Waals surface area (Å²) < 4.78 is 5.35. The van der Waals surface area contributed by atoms with E-state index in [1.807, 2.05) is 36.4 Å². The first-order valence-electron chi connectivity index (χ1n) is 9.14. The van der Waals surface area contributed by atoms with E-state index in [1.165, 1.54) is 12.5 Å². The van der Waals surface area contributed by atoms with Gasteiger partial charge < -0.3 is 15.4 Å². The molecule has 0 radical (unpaired) electrons. The van der Waals surface area contributed by atoms with Crippen LogP contribution >= 0.6 is 0 Å². The second-order valence-corrected chi connectivity index (χ2v) is 7.79. The zero-order valence-electron chi connectivity index (χ0n) is 17.2. The Morgan fingerprint density at radius 3 is 2.25 bits per heavy atom. The number of nitrogens with one attached hydrogen (secondary N) is 2. The lowest BCUT2D eigenvalue weighted by Crippen LogP contribution is -2.26. The van der Waals surface area contributed by atoms with Crippen molar-refractivity contribution in [2.24, 2.45) is 0 Å². The highest BCUT2D eigenvalue weighted by molar-refractivity contribution is 5.95. The number of ketones is 1. The summed E-state index contributed by atoms with van der Waals surface area (Å²) in [5, 5.41) is 5.79. The first-order chi connectivity index (χ1) is 13.1. The van der Waals surface area contributed by atoms with Crippen LogP contribution in [0.25, 0.3) is 0 Å². The zero-order valence-corrected chi connectivity index (χ0v) is 17.2. The highest BCUT2D eigenvalue weighted by Gasteiger charge is 2.15. The predicted molar refractivity (Wildman–Crippen MR) is 113 cm³/mol. The normalized spacial score (nSPS) is 10.9. The fourth-order valence-corrected chi connectivity index (χ4v) is 2.77. The van der Waals surface area contributed by atoms with Gasteiger partial charge in [-0.05, 0) is 36.1 Å². The van der Waals surface area contributed by atoms with E-state index in [9.17, 15) is 9.59 Å². The molecule has 0 bridgehead atoms. The van der Waals surface area contributed by atoms with E-state index in [1.54, 1.807) is 13.2 Å². The van der Waals surface area contributed by atoms with Crippen LogP contribution in [0.1, 0.15) is 49.2 Å². The van der Waals surface area contributed by atoms with Gasteiger partial charge in [-0.2, -0.15) is 0 Å². The minimum atomic E-state index is -0.238. The predicted octanol–water partition coefficient (Wildman–Crippen LogP) is 4.44. The first kappa shape index (κ1) is 21.2. The number of hydrogen-bond donors (Lipinski definition) is 2. The van der Waals surface area contributed by atoms with E-state index >= 15 is 0 Å². The Morgan fingerprint density at radius 1 is 1.07 bits per heavy atom. The summed E-state index contributed by atoms with van der Waals surface area (Å²) in [4.78, 5) is 23.8. The van der Waals surface area contributed by atoms with Gasteiger partial charge >= 0.3 is 0 Å². The molecule has 0 aromatic heterocycles. The third-order valence-electron chi connectivity index (χ3n) is 4.30. The van der Waals surface area contributed by atoms with Crippen molar-refractivity contribution >= 4 is 17.4 Å². The lowest BCUT2D eigenvalue weighted by molar-refractivity contribution is -0.116. The van der Waals surface area contributed by atoms with Gasteiger partial charge in [-0.25, -0.2) is 0 Å². The van der Waals surface area contributed by atoms with Crippen LogP contribution in [-0.2, 0) is 16.6 Å². The molecule has 0 unspecified atom stereocenters. The van der Waals surface area contributed by atoms with Crippen LogP contribution in [0.2, 0.25) is 0 Å². The molecule has 2 N–H and O–H groups in total. The number of anilines is 1. The van der Waals surface area contributed by atoms with Gasteiger partial charge in [-0.15, -0.1) is 0 Å². The van der Waals surface area contributed by atoms with Crippen LogP contribution in [0.4, 0.5) is 5.69 Å². The number of carbonyl (C=O) groups is 2. The Hall–Kier alpha value is -3.08. The average molecular weight is 380 g/mol. The van der Waals surface area contributed by atoms with Crippen molar-refractivity contribution in [1.29, 1.82) is 0 Å². The summed E-state index contributed by atoms with van der Waals surface area (Å²) in [5.41, 5.74) is 3.28. The van der Waals surface area contributed by atoms with E-state index in [0.717, 1.165) is 5.56 Å². The molecule has 2 rings (SSSR count). The Bertz CT molecular complexity index is 878. The van der Waals surface area contributed by atoms with Crippen molar-refractivity contribution in [2.45, 2.75) is 39.5 Å². The van der Waals surface area contributed by atoms with Crippen LogP contribution in [0, 0.1) is 0 Å². The molecule has 0 aliphatic heterocycles. The summed E-state index contributed by atoms with van der Waals surface area (Å²) in [5.74, 6) is 0.787. The molecule has 5 heteroatoms. The summed E-state index contributed by atoms with van der Waals surface area (Å²) in [6, 6.07) is 13.0. The van der Waals surface area contributed by atoms with Gasteiger partial charge in [0.2, 0.25) is 0 Å². The third kappa shape index (κ3) is 5.71. The molecule has 0 spiro atoms. The van der Waals surface area contributed by atoms with Crippen molar-refractivity contribution in [1.82, 2.24) is 5.32 Å². The molecule has 5 nitrogen and oxygen atoms in total. The average Bonchev–Trinajstić information content (AvgIpc) is 2.61. The molecule has 0 aliphatic rings. The number of benzene rings is 2. The summed E-state index contributed by atoms with van der Waals surface area (Å²) in [6.07, 6.45) is 0.311. The van der Waals surface area contributed by atoms with Crippen LogP contribution < -0.4 is 15.4 Å². The molecular formula is C23H28N2O3. The summed E-state index contributed by atoms with van der Waals surface area (Å²) >= 11 is 0. The molecule has 1 amide bonds. The van der Waals surface area contributed by atoms with Crippen molar-refractivity contribution in [3.63, 3.8) is 0 Å². The van der Waals surface area contributed by atoms with Gasteiger partial charge in [0.25, 0.3) is 5.91 Å². The minimum Gasteiger partial charge on any atom is -0.496 e. The lowest BCUT2D eigenvalue weighted by atomic mass is 9.87. The Morgan fingerprint density at radius 2 is 1.71 bits per heavy atom. The maximum atomic E-state index is 12.4. The molecule has 0 fully saturated rings. The second-order valence-electron chi connectivity index (χ2n) is 7.79. The standard InChI is InChI=1S/C23H28N2O3/c1-15(26)13-18-9-12-20(14-21(18)28-6)24-16(2)25-22(27)17-7-10-19(11-8-17)23(3,4)5/h7-12,14,24H,2,13H2,1,3-6H3,(H,25,27). The molecule has 0 saturated carbocycles. The molecule has 0 atom stereocenters. The number of rotatable bonds is 7. The first-order valence-corrected chi connectivity index (χ1v) is 9.14. The Labute approximate surface area is 166 Å². The molecule has 0 aliphatic carbocycles. The molecule has 2 aromatic rings. The third-order valence-corrected chi connectivity index (χ3v) is 4.30. The topological polar surface area (TPSA) is 67.4 Å². The molecule has 28 heavy (non-hydrogen) atoms. The lowest BCUT2D eigenvalue weighted by Gasteiger charge is -2.19. The maximum Gasteiger partial charge on any atom is 0.256 e. The number of Topliss-reactive ketones (excluding diaryl/α,β-unsaturated/α-hetero) is 1. The highest BCUT2D eigenvalue weighted by Crippen LogP contribution is 2.25. The van der Waals surface area contributed by atoms with Gasteiger partial charge in [0.15, 0.2) is 0 Å².